The summed E-state index contributed by atoms with van der Waals surface area (Å²) in [6.07, 6.45) is -0.341. The first kappa shape index (κ1) is 17.9. The van der Waals surface area contributed by atoms with Gasteiger partial charge in [0, 0.05) is 32.4 Å². The molecule has 2 aromatic heterocycles. The average Bonchev–Trinajstić information content (AvgIpc) is 2.74. The van der Waals surface area contributed by atoms with E-state index in [-0.39, 0.29) is 11.4 Å². The molecule has 2 aliphatic rings. The fourth-order valence-electron chi connectivity index (χ4n) is 2.97. The number of hydrogen-bond acceptors (Lipinski definition) is 9. The van der Waals surface area contributed by atoms with Gasteiger partial charge in [0.25, 0.3) is 6.43 Å². The molecular weight excluding hydrogens is 360 g/mol. The van der Waals surface area contributed by atoms with Gasteiger partial charge in [0.2, 0.25) is 11.9 Å². The fourth-order valence-corrected chi connectivity index (χ4v) is 2.97. The molecule has 0 unspecified atom stereocenters. The van der Waals surface area contributed by atoms with E-state index in [4.69, 9.17) is 9.47 Å². The van der Waals surface area contributed by atoms with Crippen LogP contribution in [0.3, 0.4) is 0 Å². The first-order chi connectivity index (χ1) is 13.2. The molecule has 0 N–H and O–H groups in total. The zero-order valence-electron chi connectivity index (χ0n) is 14.6. The molecule has 9 nitrogen and oxygen atoms in total. The Morgan fingerprint density at radius 1 is 0.852 bits per heavy atom. The van der Waals surface area contributed by atoms with Crippen molar-refractivity contribution in [1.82, 2.24) is 24.9 Å². The van der Waals surface area contributed by atoms with Gasteiger partial charge in [-0.25, -0.2) is 18.7 Å². The second-order valence-corrected chi connectivity index (χ2v) is 6.08. The summed E-state index contributed by atoms with van der Waals surface area (Å²) in [6.45, 7) is 4.74. The molecule has 11 heteroatoms. The molecule has 0 radical (unpaired) electrons. The molecule has 27 heavy (non-hydrogen) atoms. The number of ether oxygens (including phenoxy) is 2. The summed E-state index contributed by atoms with van der Waals surface area (Å²) < 4.78 is 37.6. The van der Waals surface area contributed by atoms with Crippen LogP contribution in [-0.4, -0.2) is 77.5 Å². The molecule has 0 saturated carbocycles. The standard InChI is InChI=1S/C16H19F2N7O2/c17-13(18)12-11(9-19-10-20-12)14-21-15(24-1-5-26-6-2-24)23-16(22-14)25-3-7-27-8-4-25/h9-10,13H,1-8H2. The highest BCUT2D eigenvalue weighted by Crippen LogP contribution is 2.28. The topological polar surface area (TPSA) is 89.4 Å². The van der Waals surface area contributed by atoms with E-state index in [9.17, 15) is 8.78 Å². The van der Waals surface area contributed by atoms with Crippen LogP contribution in [0.1, 0.15) is 12.1 Å². The van der Waals surface area contributed by atoms with Crippen molar-refractivity contribution in [2.75, 3.05) is 62.4 Å². The van der Waals surface area contributed by atoms with Crippen LogP contribution in [0.4, 0.5) is 20.7 Å². The largest absolute Gasteiger partial charge is 0.378 e. The first-order valence-corrected chi connectivity index (χ1v) is 8.72. The smallest absolute Gasteiger partial charge is 0.281 e. The third-order valence-corrected chi connectivity index (χ3v) is 4.39. The lowest BCUT2D eigenvalue weighted by Gasteiger charge is -2.30. The van der Waals surface area contributed by atoms with E-state index in [0.29, 0.717) is 64.5 Å². The summed E-state index contributed by atoms with van der Waals surface area (Å²) >= 11 is 0. The molecule has 4 rings (SSSR count). The van der Waals surface area contributed by atoms with Crippen LogP contribution < -0.4 is 9.80 Å². The third kappa shape index (κ3) is 3.93. The monoisotopic (exact) mass is 379 g/mol. The molecule has 144 valence electrons. The van der Waals surface area contributed by atoms with Gasteiger partial charge in [-0.1, -0.05) is 0 Å². The number of rotatable bonds is 4. The van der Waals surface area contributed by atoms with Crippen LogP contribution in [0.25, 0.3) is 11.4 Å². The quantitative estimate of drug-likeness (QED) is 0.770. The molecule has 4 heterocycles. The minimum absolute atomic E-state index is 0.110. The van der Waals surface area contributed by atoms with Gasteiger partial charge in [0.1, 0.15) is 12.0 Å². The SMILES string of the molecule is FC(F)c1ncncc1-c1nc(N2CCOCC2)nc(N2CCOCC2)n1. The Balaban J connectivity index is 1.78. The molecule has 2 fully saturated rings. The highest BCUT2D eigenvalue weighted by atomic mass is 19.3. The van der Waals surface area contributed by atoms with Crippen molar-refractivity contribution in [2.24, 2.45) is 0 Å². The lowest BCUT2D eigenvalue weighted by atomic mass is 10.2. The zero-order chi connectivity index (χ0) is 18.6. The number of hydrogen-bond donors (Lipinski definition) is 0. The summed E-state index contributed by atoms with van der Waals surface area (Å²) in [6, 6.07) is 0. The Hall–Kier alpha value is -2.53. The van der Waals surface area contributed by atoms with Crippen LogP contribution in [0.2, 0.25) is 0 Å². The third-order valence-electron chi connectivity index (χ3n) is 4.39. The van der Waals surface area contributed by atoms with E-state index in [1.165, 1.54) is 6.20 Å². The van der Waals surface area contributed by atoms with Crippen molar-refractivity contribution in [1.29, 1.82) is 0 Å². The van der Waals surface area contributed by atoms with E-state index in [1.54, 1.807) is 0 Å². The van der Waals surface area contributed by atoms with Gasteiger partial charge in [0.05, 0.1) is 32.0 Å². The van der Waals surface area contributed by atoms with Gasteiger partial charge in [-0.3, -0.25) is 0 Å². The predicted molar refractivity (Wildman–Crippen MR) is 91.9 cm³/mol. The van der Waals surface area contributed by atoms with Crippen molar-refractivity contribution in [3.63, 3.8) is 0 Å². The summed E-state index contributed by atoms with van der Waals surface area (Å²) in [4.78, 5) is 25.0. The molecule has 2 aromatic rings. The molecule has 0 aromatic carbocycles. The van der Waals surface area contributed by atoms with Crippen LogP contribution in [-0.2, 0) is 9.47 Å². The lowest BCUT2D eigenvalue weighted by molar-refractivity contribution is 0.121. The van der Waals surface area contributed by atoms with E-state index in [1.807, 2.05) is 9.80 Å². The van der Waals surface area contributed by atoms with Crippen molar-refractivity contribution in [2.45, 2.75) is 6.43 Å². The van der Waals surface area contributed by atoms with Crippen molar-refractivity contribution in [3.05, 3.63) is 18.2 Å². The van der Waals surface area contributed by atoms with Gasteiger partial charge in [-0.15, -0.1) is 0 Å². The van der Waals surface area contributed by atoms with E-state index >= 15 is 0 Å². The maximum atomic E-state index is 13.4. The average molecular weight is 379 g/mol. The highest BCUT2D eigenvalue weighted by molar-refractivity contribution is 5.60. The Kier molecular flexibility index (Phi) is 5.30. The minimum atomic E-state index is -2.75. The molecule has 0 bridgehead atoms. The van der Waals surface area contributed by atoms with Crippen molar-refractivity contribution in [3.8, 4) is 11.4 Å². The maximum Gasteiger partial charge on any atom is 0.281 e. The van der Waals surface area contributed by atoms with Gasteiger partial charge in [-0.2, -0.15) is 15.0 Å². The number of morpholine rings is 2. The Morgan fingerprint density at radius 3 is 1.93 bits per heavy atom. The van der Waals surface area contributed by atoms with Crippen LogP contribution in [0.15, 0.2) is 12.5 Å². The number of anilines is 2. The normalized spacial score (nSPS) is 18.2. The van der Waals surface area contributed by atoms with Crippen LogP contribution in [0, 0.1) is 0 Å². The number of halogens is 2. The Bertz CT molecular complexity index is 747. The van der Waals surface area contributed by atoms with Crippen molar-refractivity contribution >= 4 is 11.9 Å². The van der Waals surface area contributed by atoms with Gasteiger partial charge in [0.15, 0.2) is 5.82 Å². The molecular formula is C16H19F2N7O2. The Labute approximate surface area is 154 Å². The summed E-state index contributed by atoms with van der Waals surface area (Å²) in [7, 11) is 0. The highest BCUT2D eigenvalue weighted by Gasteiger charge is 2.24. The minimum Gasteiger partial charge on any atom is -0.378 e. The van der Waals surface area contributed by atoms with Gasteiger partial charge >= 0.3 is 0 Å². The molecule has 0 spiro atoms. The molecule has 0 amide bonds. The number of alkyl halides is 2. The molecule has 2 aliphatic heterocycles. The Morgan fingerprint density at radius 2 is 1.41 bits per heavy atom. The number of nitrogens with zero attached hydrogens (tertiary/aromatic N) is 7. The molecule has 0 aliphatic carbocycles. The summed E-state index contributed by atoms with van der Waals surface area (Å²) in [5.41, 5.74) is -0.282. The second-order valence-electron chi connectivity index (χ2n) is 6.08. The van der Waals surface area contributed by atoms with E-state index in [2.05, 4.69) is 24.9 Å². The van der Waals surface area contributed by atoms with Crippen LogP contribution >= 0.6 is 0 Å². The predicted octanol–water partition coefficient (Wildman–Crippen LogP) is 0.939. The van der Waals surface area contributed by atoms with Gasteiger partial charge < -0.3 is 19.3 Å². The summed E-state index contributed by atoms with van der Waals surface area (Å²) in [5.74, 6) is 1.02. The maximum absolute atomic E-state index is 13.4. The number of aromatic nitrogens is 5. The first-order valence-electron chi connectivity index (χ1n) is 8.72. The zero-order valence-corrected chi connectivity index (χ0v) is 14.6. The molecule has 2 saturated heterocycles. The second kappa shape index (κ2) is 8.01. The lowest BCUT2D eigenvalue weighted by Crippen LogP contribution is -2.40. The van der Waals surface area contributed by atoms with Gasteiger partial charge in [-0.05, 0) is 0 Å². The van der Waals surface area contributed by atoms with E-state index < -0.39 is 12.1 Å². The fraction of sp³-hybridized carbons (Fsp3) is 0.562. The van der Waals surface area contributed by atoms with Crippen LogP contribution in [0.5, 0.6) is 0 Å². The summed E-state index contributed by atoms with van der Waals surface area (Å²) in [5, 5.41) is 0. The van der Waals surface area contributed by atoms with Crippen molar-refractivity contribution < 1.29 is 18.3 Å². The molecule has 0 atom stereocenters. The van der Waals surface area contributed by atoms with E-state index in [0.717, 1.165) is 6.33 Å².